The van der Waals surface area contributed by atoms with E-state index in [9.17, 15) is 9.18 Å². The summed E-state index contributed by atoms with van der Waals surface area (Å²) in [7, 11) is 0. The monoisotopic (exact) mass is 281 g/mol. The number of nitrogens with one attached hydrogen (secondary N) is 1. The van der Waals surface area contributed by atoms with Gasteiger partial charge in [-0.1, -0.05) is 13.8 Å². The summed E-state index contributed by atoms with van der Waals surface area (Å²) in [6.07, 6.45) is 3.23. The molecule has 0 aromatic carbocycles. The van der Waals surface area contributed by atoms with Gasteiger partial charge in [-0.05, 0) is 51.5 Å². The Morgan fingerprint density at radius 2 is 2.10 bits per heavy atom. The highest BCUT2D eigenvalue weighted by molar-refractivity contribution is 5.93. The summed E-state index contributed by atoms with van der Waals surface area (Å²) in [5.41, 5.74) is 0.391. The van der Waals surface area contributed by atoms with Gasteiger partial charge in [0.1, 0.15) is 0 Å². The lowest BCUT2D eigenvalue weighted by Gasteiger charge is -2.19. The molecule has 1 amide bonds. The van der Waals surface area contributed by atoms with Crippen molar-refractivity contribution < 1.29 is 9.18 Å². The van der Waals surface area contributed by atoms with E-state index in [1.54, 1.807) is 0 Å². The van der Waals surface area contributed by atoms with Crippen LogP contribution >= 0.6 is 0 Å². The SMILES string of the molecule is CCN(CC)CCCC(C)NC(=O)c1ccc(F)nc1. The lowest BCUT2D eigenvalue weighted by molar-refractivity contribution is 0.0937. The molecule has 0 aliphatic carbocycles. The minimum atomic E-state index is -0.575. The molecule has 112 valence electrons. The van der Waals surface area contributed by atoms with E-state index in [1.165, 1.54) is 18.3 Å². The Bertz CT molecular complexity index is 404. The maximum absolute atomic E-state index is 12.7. The van der Waals surface area contributed by atoms with Crippen LogP contribution in [0.1, 0.15) is 44.0 Å². The second kappa shape index (κ2) is 8.64. The second-order valence-corrected chi connectivity index (χ2v) is 4.91. The Balaban J connectivity index is 2.33. The van der Waals surface area contributed by atoms with E-state index in [0.717, 1.165) is 32.5 Å². The third-order valence-electron chi connectivity index (χ3n) is 3.37. The van der Waals surface area contributed by atoms with Crippen LogP contribution in [0.5, 0.6) is 0 Å². The van der Waals surface area contributed by atoms with Crippen LogP contribution in [0.25, 0.3) is 0 Å². The average molecular weight is 281 g/mol. The lowest BCUT2D eigenvalue weighted by atomic mass is 10.1. The fourth-order valence-corrected chi connectivity index (χ4v) is 2.05. The first-order chi connectivity index (χ1) is 9.56. The summed E-state index contributed by atoms with van der Waals surface area (Å²) in [5, 5.41) is 2.91. The first kappa shape index (κ1) is 16.6. The topological polar surface area (TPSA) is 45.2 Å². The van der Waals surface area contributed by atoms with Gasteiger partial charge in [0.25, 0.3) is 5.91 Å². The van der Waals surface area contributed by atoms with Gasteiger partial charge >= 0.3 is 0 Å². The summed E-state index contributed by atoms with van der Waals surface area (Å²) in [6.45, 7) is 9.44. The van der Waals surface area contributed by atoms with Crippen molar-refractivity contribution in [3.63, 3.8) is 0 Å². The normalized spacial score (nSPS) is 12.4. The molecule has 5 heteroatoms. The standard InChI is InChI=1S/C15H24FN3O/c1-4-19(5-2)10-6-7-12(3)18-15(20)13-8-9-14(16)17-11-13/h8-9,11-12H,4-7,10H2,1-3H3,(H,18,20). The number of carbonyl (C=O) groups excluding carboxylic acids is 1. The molecule has 1 rings (SSSR count). The van der Waals surface area contributed by atoms with Gasteiger partial charge in [0.05, 0.1) is 5.56 Å². The quantitative estimate of drug-likeness (QED) is 0.745. The summed E-state index contributed by atoms with van der Waals surface area (Å²) < 4.78 is 12.7. The maximum atomic E-state index is 12.7. The Labute approximate surface area is 120 Å². The van der Waals surface area contributed by atoms with Crippen molar-refractivity contribution in [1.29, 1.82) is 0 Å². The van der Waals surface area contributed by atoms with Gasteiger partial charge in [0.15, 0.2) is 0 Å². The van der Waals surface area contributed by atoms with Crippen molar-refractivity contribution in [2.75, 3.05) is 19.6 Å². The minimum Gasteiger partial charge on any atom is -0.350 e. The zero-order valence-corrected chi connectivity index (χ0v) is 12.5. The van der Waals surface area contributed by atoms with E-state index in [2.05, 4.69) is 29.0 Å². The van der Waals surface area contributed by atoms with Crippen LogP contribution in [0.2, 0.25) is 0 Å². The first-order valence-corrected chi connectivity index (χ1v) is 7.21. The third-order valence-corrected chi connectivity index (χ3v) is 3.37. The molecule has 1 atom stereocenters. The van der Waals surface area contributed by atoms with Crippen molar-refractivity contribution in [2.24, 2.45) is 0 Å². The highest BCUT2D eigenvalue weighted by Gasteiger charge is 2.10. The molecule has 1 heterocycles. The molecule has 0 radical (unpaired) electrons. The van der Waals surface area contributed by atoms with E-state index >= 15 is 0 Å². The Morgan fingerprint density at radius 3 is 2.65 bits per heavy atom. The number of halogens is 1. The van der Waals surface area contributed by atoms with Gasteiger partial charge < -0.3 is 10.2 Å². The molecular formula is C15H24FN3O. The first-order valence-electron chi connectivity index (χ1n) is 7.21. The molecule has 1 aromatic rings. The van der Waals surface area contributed by atoms with Gasteiger partial charge in [0.2, 0.25) is 5.95 Å². The predicted octanol–water partition coefficient (Wildman–Crippen LogP) is 2.46. The summed E-state index contributed by atoms with van der Waals surface area (Å²) in [5.74, 6) is -0.776. The molecular weight excluding hydrogens is 257 g/mol. The number of amides is 1. The highest BCUT2D eigenvalue weighted by Crippen LogP contribution is 2.03. The zero-order valence-electron chi connectivity index (χ0n) is 12.5. The molecule has 0 saturated carbocycles. The second-order valence-electron chi connectivity index (χ2n) is 4.91. The molecule has 0 aliphatic rings. The van der Waals surface area contributed by atoms with Gasteiger partial charge in [-0.15, -0.1) is 0 Å². The number of pyridine rings is 1. The van der Waals surface area contributed by atoms with Crippen LogP contribution in [-0.2, 0) is 0 Å². The molecule has 1 N–H and O–H groups in total. The minimum absolute atomic E-state index is 0.100. The van der Waals surface area contributed by atoms with Crippen LogP contribution in [0.3, 0.4) is 0 Å². The van der Waals surface area contributed by atoms with E-state index in [4.69, 9.17) is 0 Å². The predicted molar refractivity (Wildman–Crippen MR) is 78.1 cm³/mol. The van der Waals surface area contributed by atoms with E-state index in [-0.39, 0.29) is 11.9 Å². The molecule has 0 saturated heterocycles. The number of hydrogen-bond donors (Lipinski definition) is 1. The summed E-state index contributed by atoms with van der Waals surface area (Å²) in [4.78, 5) is 17.7. The van der Waals surface area contributed by atoms with Crippen molar-refractivity contribution in [3.05, 3.63) is 29.8 Å². The van der Waals surface area contributed by atoms with Crippen molar-refractivity contribution >= 4 is 5.91 Å². The number of carbonyl (C=O) groups is 1. The van der Waals surface area contributed by atoms with Crippen molar-refractivity contribution in [1.82, 2.24) is 15.2 Å². The summed E-state index contributed by atoms with van der Waals surface area (Å²) >= 11 is 0. The molecule has 20 heavy (non-hydrogen) atoms. The maximum Gasteiger partial charge on any atom is 0.253 e. The van der Waals surface area contributed by atoms with Crippen LogP contribution in [-0.4, -0.2) is 41.5 Å². The molecule has 1 unspecified atom stereocenters. The Morgan fingerprint density at radius 1 is 1.40 bits per heavy atom. The van der Waals surface area contributed by atoms with E-state index in [1.807, 2.05) is 6.92 Å². The van der Waals surface area contributed by atoms with E-state index in [0.29, 0.717) is 5.56 Å². The van der Waals surface area contributed by atoms with Gasteiger partial charge in [-0.25, -0.2) is 4.98 Å². The molecule has 1 aromatic heterocycles. The van der Waals surface area contributed by atoms with Gasteiger partial charge in [0, 0.05) is 12.2 Å². The van der Waals surface area contributed by atoms with Crippen LogP contribution in [0.15, 0.2) is 18.3 Å². The fourth-order valence-electron chi connectivity index (χ4n) is 2.05. The Kier molecular flexibility index (Phi) is 7.15. The number of nitrogens with zero attached hydrogens (tertiary/aromatic N) is 2. The number of aromatic nitrogens is 1. The molecule has 0 bridgehead atoms. The fraction of sp³-hybridized carbons (Fsp3) is 0.600. The smallest absolute Gasteiger partial charge is 0.253 e. The van der Waals surface area contributed by atoms with Crippen LogP contribution in [0.4, 0.5) is 4.39 Å². The average Bonchev–Trinajstić information content (AvgIpc) is 2.44. The molecule has 0 aliphatic heterocycles. The van der Waals surface area contributed by atoms with Crippen molar-refractivity contribution in [3.8, 4) is 0 Å². The molecule has 0 spiro atoms. The third kappa shape index (κ3) is 5.65. The zero-order chi connectivity index (χ0) is 15.0. The largest absolute Gasteiger partial charge is 0.350 e. The number of rotatable bonds is 8. The highest BCUT2D eigenvalue weighted by atomic mass is 19.1. The van der Waals surface area contributed by atoms with Gasteiger partial charge in [-0.2, -0.15) is 4.39 Å². The van der Waals surface area contributed by atoms with Crippen molar-refractivity contribution in [2.45, 2.75) is 39.7 Å². The van der Waals surface area contributed by atoms with E-state index < -0.39 is 5.95 Å². The van der Waals surface area contributed by atoms with Gasteiger partial charge in [-0.3, -0.25) is 4.79 Å². The van der Waals surface area contributed by atoms with Crippen LogP contribution < -0.4 is 5.32 Å². The lowest BCUT2D eigenvalue weighted by Crippen LogP contribution is -2.33. The number of hydrogen-bond acceptors (Lipinski definition) is 3. The molecule has 4 nitrogen and oxygen atoms in total. The summed E-state index contributed by atoms with van der Waals surface area (Å²) in [6, 6.07) is 2.74. The van der Waals surface area contributed by atoms with Crippen LogP contribution in [0, 0.1) is 5.95 Å². The molecule has 0 fully saturated rings. The Hall–Kier alpha value is -1.49.